The second kappa shape index (κ2) is 17.1. The van der Waals surface area contributed by atoms with E-state index in [4.69, 9.17) is 23.7 Å². The molecule has 1 fully saturated rings. The van der Waals surface area contributed by atoms with Gasteiger partial charge in [0.25, 0.3) is 0 Å². The van der Waals surface area contributed by atoms with E-state index in [1.54, 1.807) is 12.1 Å². The summed E-state index contributed by atoms with van der Waals surface area (Å²) in [5, 5.41) is 0. The van der Waals surface area contributed by atoms with Gasteiger partial charge in [-0.25, -0.2) is 4.79 Å². The Morgan fingerprint density at radius 3 is 1.57 bits per heavy atom. The van der Waals surface area contributed by atoms with Gasteiger partial charge in [-0.15, -0.1) is 0 Å². The van der Waals surface area contributed by atoms with E-state index in [0.29, 0.717) is 25.4 Å². The van der Waals surface area contributed by atoms with Crippen molar-refractivity contribution in [3.05, 3.63) is 174 Å². The molecular formula is C40H38O6S. The molecule has 240 valence electrons. The molecule has 7 heteroatoms. The number of rotatable bonds is 14. The number of thioether (sulfide) groups is 1. The quantitative estimate of drug-likeness (QED) is 0.113. The molecule has 1 heterocycles. The predicted molar refractivity (Wildman–Crippen MR) is 183 cm³/mol. The van der Waals surface area contributed by atoms with Crippen molar-refractivity contribution in [3.63, 3.8) is 0 Å². The van der Waals surface area contributed by atoms with Gasteiger partial charge in [-0.1, -0.05) is 139 Å². The van der Waals surface area contributed by atoms with Crippen molar-refractivity contribution in [1.29, 1.82) is 0 Å². The highest BCUT2D eigenvalue weighted by Crippen LogP contribution is 2.38. The van der Waals surface area contributed by atoms with Gasteiger partial charge in [-0.2, -0.15) is 0 Å². The van der Waals surface area contributed by atoms with Crippen LogP contribution >= 0.6 is 11.8 Å². The minimum absolute atomic E-state index is 0.255. The molecule has 0 spiro atoms. The van der Waals surface area contributed by atoms with E-state index in [1.807, 2.05) is 140 Å². The molecule has 0 amide bonds. The van der Waals surface area contributed by atoms with Gasteiger partial charge in [0.1, 0.15) is 23.7 Å². The Kier molecular flexibility index (Phi) is 11.9. The molecule has 1 saturated heterocycles. The van der Waals surface area contributed by atoms with Crippen molar-refractivity contribution in [3.8, 4) is 0 Å². The number of ether oxygens (including phenoxy) is 5. The highest BCUT2D eigenvalue weighted by molar-refractivity contribution is 7.99. The van der Waals surface area contributed by atoms with Crippen molar-refractivity contribution >= 4 is 17.7 Å². The largest absolute Gasteiger partial charge is 0.452 e. The third-order valence-electron chi connectivity index (χ3n) is 7.80. The number of esters is 1. The van der Waals surface area contributed by atoms with Crippen LogP contribution in [0.2, 0.25) is 0 Å². The normalized spacial score (nSPS) is 20.8. The van der Waals surface area contributed by atoms with Crippen LogP contribution in [0.5, 0.6) is 0 Å². The summed E-state index contributed by atoms with van der Waals surface area (Å²) >= 11 is 1.49. The van der Waals surface area contributed by atoms with Crippen LogP contribution in [0.3, 0.4) is 0 Å². The van der Waals surface area contributed by atoms with Crippen LogP contribution in [0, 0.1) is 0 Å². The summed E-state index contributed by atoms with van der Waals surface area (Å²) in [6.07, 6.45) is -2.61. The second-order valence-electron chi connectivity index (χ2n) is 11.2. The fourth-order valence-corrected chi connectivity index (χ4v) is 6.55. The first kappa shape index (κ1) is 32.7. The van der Waals surface area contributed by atoms with Crippen molar-refractivity contribution in [2.24, 2.45) is 0 Å². The summed E-state index contributed by atoms with van der Waals surface area (Å²) in [6.45, 7) is 1.30. The molecule has 0 radical (unpaired) electrons. The fourth-order valence-electron chi connectivity index (χ4n) is 5.42. The SMILES string of the molecule is O=C(O[C@H]1[C@@H](OCc2ccccc2)[C@H](OCc2ccccc2)[C@@H](COCc2ccccc2)O[C@@H]1Sc1ccccc1)c1ccccc1. The van der Waals surface area contributed by atoms with Crippen molar-refractivity contribution in [1.82, 2.24) is 0 Å². The van der Waals surface area contributed by atoms with Gasteiger partial charge in [0.2, 0.25) is 0 Å². The number of hydrogen-bond acceptors (Lipinski definition) is 7. The first-order valence-corrected chi connectivity index (χ1v) is 16.7. The van der Waals surface area contributed by atoms with E-state index in [-0.39, 0.29) is 6.61 Å². The van der Waals surface area contributed by atoms with E-state index in [2.05, 4.69) is 0 Å². The molecule has 5 atom stereocenters. The Hall–Kier alpha value is -4.24. The molecular weight excluding hydrogens is 609 g/mol. The van der Waals surface area contributed by atoms with Crippen LogP contribution in [0.25, 0.3) is 0 Å². The fraction of sp³-hybridized carbons (Fsp3) is 0.225. The minimum Gasteiger partial charge on any atom is -0.452 e. The van der Waals surface area contributed by atoms with Crippen LogP contribution in [-0.2, 0) is 43.5 Å². The Balaban J connectivity index is 1.33. The molecule has 6 rings (SSSR count). The zero-order chi connectivity index (χ0) is 32.1. The monoisotopic (exact) mass is 646 g/mol. The molecule has 1 aliphatic rings. The second-order valence-corrected chi connectivity index (χ2v) is 12.4. The lowest BCUT2D eigenvalue weighted by molar-refractivity contribution is -0.242. The maximum absolute atomic E-state index is 13.6. The Morgan fingerprint density at radius 2 is 1.02 bits per heavy atom. The first-order chi connectivity index (χ1) is 23.2. The lowest BCUT2D eigenvalue weighted by Crippen LogP contribution is -2.60. The molecule has 5 aromatic rings. The van der Waals surface area contributed by atoms with Crippen LogP contribution in [-0.4, -0.2) is 42.4 Å². The maximum Gasteiger partial charge on any atom is 0.338 e. The summed E-state index contributed by atoms with van der Waals surface area (Å²) in [6, 6.07) is 48.9. The van der Waals surface area contributed by atoms with Gasteiger partial charge in [0.05, 0.1) is 32.0 Å². The molecule has 5 aromatic carbocycles. The smallest absolute Gasteiger partial charge is 0.338 e. The van der Waals surface area contributed by atoms with Gasteiger partial charge < -0.3 is 23.7 Å². The van der Waals surface area contributed by atoms with Gasteiger partial charge in [0, 0.05) is 4.90 Å². The minimum atomic E-state index is -0.803. The average molecular weight is 647 g/mol. The van der Waals surface area contributed by atoms with Gasteiger partial charge in [0.15, 0.2) is 6.10 Å². The molecule has 0 aliphatic carbocycles. The molecule has 0 saturated carbocycles. The van der Waals surface area contributed by atoms with Crippen molar-refractivity contribution < 1.29 is 28.5 Å². The molecule has 0 aromatic heterocycles. The van der Waals surface area contributed by atoms with E-state index < -0.39 is 35.8 Å². The lowest BCUT2D eigenvalue weighted by Gasteiger charge is -2.45. The molecule has 0 N–H and O–H groups in total. The van der Waals surface area contributed by atoms with E-state index in [1.165, 1.54) is 11.8 Å². The Labute approximate surface area is 280 Å². The van der Waals surface area contributed by atoms with Gasteiger partial charge in [-0.05, 0) is 41.0 Å². The van der Waals surface area contributed by atoms with E-state index in [0.717, 1.165) is 21.6 Å². The molecule has 6 nitrogen and oxygen atoms in total. The topological polar surface area (TPSA) is 63.2 Å². The summed E-state index contributed by atoms with van der Waals surface area (Å²) in [5.41, 5.74) is 2.92. The van der Waals surface area contributed by atoms with Gasteiger partial charge in [-0.3, -0.25) is 0 Å². The van der Waals surface area contributed by atoms with Gasteiger partial charge >= 0.3 is 5.97 Å². The third-order valence-corrected chi connectivity index (χ3v) is 8.96. The number of hydrogen-bond donors (Lipinski definition) is 0. The average Bonchev–Trinajstić information content (AvgIpc) is 3.13. The number of carbonyl (C=O) groups is 1. The highest BCUT2D eigenvalue weighted by atomic mass is 32.2. The van der Waals surface area contributed by atoms with E-state index >= 15 is 0 Å². The zero-order valence-electron chi connectivity index (χ0n) is 26.0. The number of carbonyl (C=O) groups excluding carboxylic acids is 1. The standard InChI is InChI=1S/C40H38O6S/c41-39(33-22-12-4-13-23-33)46-38-37(44-28-32-20-10-3-11-21-32)36(43-27-31-18-8-2-9-19-31)35(29-42-26-30-16-6-1-7-17-30)45-40(38)47-34-24-14-5-15-25-34/h1-25,35-38,40H,26-29H2/t35-,36-,37+,38+,40-/m1/s1. The first-order valence-electron chi connectivity index (χ1n) is 15.8. The van der Waals surface area contributed by atoms with Crippen molar-refractivity contribution in [2.45, 2.75) is 54.6 Å². The third kappa shape index (κ3) is 9.41. The van der Waals surface area contributed by atoms with Crippen molar-refractivity contribution in [2.75, 3.05) is 6.61 Å². The summed E-state index contributed by atoms with van der Waals surface area (Å²) in [4.78, 5) is 14.6. The Bertz CT molecular complexity index is 1620. The summed E-state index contributed by atoms with van der Waals surface area (Å²) in [5.74, 6) is -0.452. The summed E-state index contributed by atoms with van der Waals surface area (Å²) in [7, 11) is 0. The van der Waals surface area contributed by atoms with Crippen LogP contribution in [0.1, 0.15) is 27.0 Å². The molecule has 0 unspecified atom stereocenters. The maximum atomic E-state index is 13.6. The van der Waals surface area contributed by atoms with Crippen LogP contribution in [0.4, 0.5) is 0 Å². The Morgan fingerprint density at radius 1 is 0.553 bits per heavy atom. The highest BCUT2D eigenvalue weighted by Gasteiger charge is 2.50. The lowest BCUT2D eigenvalue weighted by atomic mass is 9.98. The molecule has 1 aliphatic heterocycles. The number of benzene rings is 5. The predicted octanol–water partition coefficient (Wildman–Crippen LogP) is 8.12. The van der Waals surface area contributed by atoms with E-state index in [9.17, 15) is 4.79 Å². The van der Waals surface area contributed by atoms with Crippen LogP contribution in [0.15, 0.2) is 157 Å². The zero-order valence-corrected chi connectivity index (χ0v) is 26.8. The molecule has 0 bridgehead atoms. The van der Waals surface area contributed by atoms with Crippen LogP contribution < -0.4 is 0 Å². The summed E-state index contributed by atoms with van der Waals surface area (Å²) < 4.78 is 32.8. The molecule has 47 heavy (non-hydrogen) atoms.